The van der Waals surface area contributed by atoms with Crippen LogP contribution in [0.25, 0.3) is 0 Å². The molecule has 1 aliphatic rings. The van der Waals surface area contributed by atoms with Gasteiger partial charge in [0.2, 0.25) is 0 Å². The Balaban J connectivity index is 1.63. The molecule has 1 aliphatic heterocycles. The van der Waals surface area contributed by atoms with Gasteiger partial charge in [-0.05, 0) is 73.5 Å². The fourth-order valence-corrected chi connectivity index (χ4v) is 3.33. The second-order valence-corrected chi connectivity index (χ2v) is 6.73. The van der Waals surface area contributed by atoms with Crippen molar-refractivity contribution in [3.8, 4) is 0 Å². The summed E-state index contributed by atoms with van der Waals surface area (Å²) in [6, 6.07) is 15.9. The van der Waals surface area contributed by atoms with E-state index in [4.69, 9.17) is 0 Å². The van der Waals surface area contributed by atoms with Gasteiger partial charge in [0.1, 0.15) is 0 Å². The first-order valence-electron chi connectivity index (χ1n) is 8.02. The Bertz CT molecular complexity index is 646. The van der Waals surface area contributed by atoms with Gasteiger partial charge < -0.3 is 10.6 Å². The van der Waals surface area contributed by atoms with Gasteiger partial charge in [-0.1, -0.05) is 12.1 Å². The summed E-state index contributed by atoms with van der Waals surface area (Å²) in [6.45, 7) is 2.17. The van der Waals surface area contributed by atoms with Crippen molar-refractivity contribution in [1.82, 2.24) is 5.32 Å². The normalized spacial score (nSPS) is 17.7. The quantitative estimate of drug-likeness (QED) is 0.830. The molecule has 2 aromatic rings. The molecular formula is C19H22N2OS. The van der Waals surface area contributed by atoms with Crippen LogP contribution in [0.3, 0.4) is 0 Å². The molecule has 0 saturated carbocycles. The molecule has 23 heavy (non-hydrogen) atoms. The third-order valence-electron chi connectivity index (χ3n) is 4.29. The zero-order chi connectivity index (χ0) is 16.1. The lowest BCUT2D eigenvalue weighted by Gasteiger charge is -2.23. The monoisotopic (exact) mass is 326 g/mol. The number of nitrogens with one attached hydrogen (secondary N) is 2. The van der Waals surface area contributed by atoms with Crippen molar-refractivity contribution in [3.63, 3.8) is 0 Å². The average molecular weight is 326 g/mol. The maximum absolute atomic E-state index is 12.3. The average Bonchev–Trinajstić information content (AvgIpc) is 2.63. The molecule has 2 aromatic carbocycles. The zero-order valence-electron chi connectivity index (χ0n) is 13.3. The van der Waals surface area contributed by atoms with E-state index in [1.807, 2.05) is 42.7 Å². The van der Waals surface area contributed by atoms with Crippen LogP contribution in [0.2, 0.25) is 0 Å². The van der Waals surface area contributed by atoms with Gasteiger partial charge in [-0.2, -0.15) is 0 Å². The van der Waals surface area contributed by atoms with Crippen LogP contribution < -0.4 is 10.6 Å². The van der Waals surface area contributed by atoms with E-state index < -0.39 is 0 Å². The van der Waals surface area contributed by atoms with Gasteiger partial charge >= 0.3 is 0 Å². The lowest BCUT2D eigenvalue weighted by Crippen LogP contribution is -2.28. The van der Waals surface area contributed by atoms with Gasteiger partial charge in [-0.25, -0.2) is 0 Å². The Morgan fingerprint density at radius 3 is 2.48 bits per heavy atom. The van der Waals surface area contributed by atoms with Crippen molar-refractivity contribution in [2.24, 2.45) is 0 Å². The molecule has 2 N–H and O–H groups in total. The summed E-state index contributed by atoms with van der Waals surface area (Å²) in [7, 11) is 0. The zero-order valence-corrected chi connectivity index (χ0v) is 14.2. The lowest BCUT2D eigenvalue weighted by atomic mass is 9.91. The Morgan fingerprint density at radius 1 is 1.13 bits per heavy atom. The van der Waals surface area contributed by atoms with Gasteiger partial charge in [0.05, 0.1) is 0 Å². The number of anilines is 1. The minimum absolute atomic E-state index is 0.0651. The van der Waals surface area contributed by atoms with Crippen LogP contribution in [0, 0.1) is 0 Å². The van der Waals surface area contributed by atoms with Crippen LogP contribution in [0.1, 0.15) is 34.7 Å². The van der Waals surface area contributed by atoms with Crippen LogP contribution in [0.15, 0.2) is 53.4 Å². The van der Waals surface area contributed by atoms with Gasteiger partial charge in [0.25, 0.3) is 5.91 Å². The van der Waals surface area contributed by atoms with E-state index in [-0.39, 0.29) is 5.91 Å². The van der Waals surface area contributed by atoms with E-state index in [1.165, 1.54) is 18.4 Å². The molecule has 1 heterocycles. The third-order valence-corrected chi connectivity index (χ3v) is 5.03. The fraction of sp³-hybridized carbons (Fsp3) is 0.316. The van der Waals surface area contributed by atoms with Crippen LogP contribution in [-0.2, 0) is 0 Å². The highest BCUT2D eigenvalue weighted by Gasteiger charge is 2.15. The highest BCUT2D eigenvalue weighted by Crippen LogP contribution is 2.24. The first-order chi connectivity index (χ1) is 11.3. The van der Waals surface area contributed by atoms with Crippen LogP contribution in [-0.4, -0.2) is 25.3 Å². The van der Waals surface area contributed by atoms with Crippen molar-refractivity contribution in [2.75, 3.05) is 24.7 Å². The molecule has 120 valence electrons. The number of piperidine rings is 1. The second kappa shape index (κ2) is 7.66. The summed E-state index contributed by atoms with van der Waals surface area (Å²) in [5.74, 6) is 0.525. The number of hydrogen-bond acceptors (Lipinski definition) is 3. The molecule has 1 atom stereocenters. The Kier molecular flexibility index (Phi) is 5.36. The van der Waals surface area contributed by atoms with E-state index in [1.54, 1.807) is 11.8 Å². The third kappa shape index (κ3) is 4.15. The fourth-order valence-electron chi connectivity index (χ4n) is 2.92. The van der Waals surface area contributed by atoms with Crippen LogP contribution >= 0.6 is 11.8 Å². The standard InChI is InChI=1S/C19H22N2OS/c1-23-18-10-6-15(7-11-18)19(22)21-17-8-4-14(5-9-17)16-3-2-12-20-13-16/h4-11,16,20H,2-3,12-13H2,1H3,(H,21,22). The Morgan fingerprint density at radius 2 is 1.87 bits per heavy atom. The van der Waals surface area contributed by atoms with Crippen molar-refractivity contribution in [3.05, 3.63) is 59.7 Å². The minimum atomic E-state index is -0.0651. The first-order valence-corrected chi connectivity index (χ1v) is 9.25. The first kappa shape index (κ1) is 16.1. The van der Waals surface area contributed by atoms with E-state index in [2.05, 4.69) is 22.8 Å². The van der Waals surface area contributed by atoms with Gasteiger partial charge in [0.15, 0.2) is 0 Å². The summed E-state index contributed by atoms with van der Waals surface area (Å²) in [6.07, 6.45) is 4.49. The van der Waals surface area contributed by atoms with Crippen molar-refractivity contribution < 1.29 is 4.79 Å². The number of hydrogen-bond donors (Lipinski definition) is 2. The molecule has 3 rings (SSSR count). The van der Waals surface area contributed by atoms with Crippen molar-refractivity contribution >= 4 is 23.4 Å². The van der Waals surface area contributed by atoms with Crippen molar-refractivity contribution in [2.45, 2.75) is 23.7 Å². The molecule has 1 amide bonds. The molecule has 0 spiro atoms. The van der Waals surface area contributed by atoms with E-state index >= 15 is 0 Å². The maximum Gasteiger partial charge on any atom is 0.255 e. The minimum Gasteiger partial charge on any atom is -0.322 e. The lowest BCUT2D eigenvalue weighted by molar-refractivity contribution is 0.102. The summed E-state index contributed by atoms with van der Waals surface area (Å²) < 4.78 is 0. The number of thioether (sulfide) groups is 1. The summed E-state index contributed by atoms with van der Waals surface area (Å²) in [5.41, 5.74) is 2.87. The molecule has 1 unspecified atom stereocenters. The van der Waals surface area contributed by atoms with Crippen molar-refractivity contribution in [1.29, 1.82) is 0 Å². The Hall–Kier alpha value is -1.78. The number of benzene rings is 2. The predicted molar refractivity (Wildman–Crippen MR) is 97.5 cm³/mol. The topological polar surface area (TPSA) is 41.1 Å². The van der Waals surface area contributed by atoms with Gasteiger partial charge in [-0.15, -0.1) is 11.8 Å². The molecular weight excluding hydrogens is 304 g/mol. The largest absolute Gasteiger partial charge is 0.322 e. The molecule has 1 fully saturated rings. The molecule has 0 radical (unpaired) electrons. The highest BCUT2D eigenvalue weighted by atomic mass is 32.2. The number of carbonyl (C=O) groups is 1. The highest BCUT2D eigenvalue weighted by molar-refractivity contribution is 7.98. The maximum atomic E-state index is 12.3. The number of carbonyl (C=O) groups excluding carboxylic acids is 1. The van der Waals surface area contributed by atoms with E-state index in [9.17, 15) is 4.79 Å². The number of rotatable bonds is 4. The summed E-state index contributed by atoms with van der Waals surface area (Å²) >= 11 is 1.67. The van der Waals surface area contributed by atoms with Gasteiger partial charge in [-0.3, -0.25) is 4.79 Å². The van der Waals surface area contributed by atoms with Crippen LogP contribution in [0.4, 0.5) is 5.69 Å². The number of amides is 1. The summed E-state index contributed by atoms with van der Waals surface area (Å²) in [5, 5.41) is 6.40. The predicted octanol–water partition coefficient (Wildman–Crippen LogP) is 4.13. The van der Waals surface area contributed by atoms with Gasteiger partial charge in [0, 0.05) is 22.7 Å². The smallest absolute Gasteiger partial charge is 0.255 e. The SMILES string of the molecule is CSc1ccc(C(=O)Nc2ccc(C3CCCNC3)cc2)cc1. The molecule has 0 aromatic heterocycles. The molecule has 0 bridgehead atoms. The molecule has 3 nitrogen and oxygen atoms in total. The van der Waals surface area contributed by atoms with Crippen LogP contribution in [0.5, 0.6) is 0 Å². The van der Waals surface area contributed by atoms with E-state index in [0.29, 0.717) is 11.5 Å². The molecule has 1 saturated heterocycles. The molecule has 0 aliphatic carbocycles. The van der Waals surface area contributed by atoms with E-state index in [0.717, 1.165) is 23.7 Å². The second-order valence-electron chi connectivity index (χ2n) is 5.85. The molecule has 4 heteroatoms. The Labute approximate surface area is 141 Å². The summed E-state index contributed by atoms with van der Waals surface area (Å²) in [4.78, 5) is 13.4.